The first kappa shape index (κ1) is 14.1. The molecule has 2 aliphatic heterocycles. The number of hydrogen-bond acceptors (Lipinski definition) is 3. The number of carbonyl (C=O) groups is 2. The third-order valence-electron chi connectivity index (χ3n) is 3.91. The number of alkyl halides is 3. The quantitative estimate of drug-likeness (QED) is 0.777. The first-order valence-corrected chi connectivity index (χ1v) is 6.11. The van der Waals surface area contributed by atoms with Gasteiger partial charge in [-0.15, -0.1) is 0 Å². The summed E-state index contributed by atoms with van der Waals surface area (Å²) in [7, 11) is 0. The lowest BCUT2D eigenvalue weighted by atomic mass is 9.84. The molecule has 2 atom stereocenters. The number of carboxylic acid groups (broad SMARTS) is 1. The van der Waals surface area contributed by atoms with Crippen molar-refractivity contribution < 1.29 is 27.9 Å². The Morgan fingerprint density at radius 1 is 1.37 bits per heavy atom. The van der Waals surface area contributed by atoms with Crippen molar-refractivity contribution in [3.8, 4) is 0 Å². The van der Waals surface area contributed by atoms with Crippen LogP contribution < -0.4 is 5.32 Å². The summed E-state index contributed by atoms with van der Waals surface area (Å²) in [4.78, 5) is 24.1. The molecule has 0 spiro atoms. The zero-order chi connectivity index (χ0) is 14.3. The van der Waals surface area contributed by atoms with E-state index in [1.54, 1.807) is 0 Å². The normalized spacial score (nSPS) is 31.7. The van der Waals surface area contributed by atoms with E-state index >= 15 is 0 Å². The van der Waals surface area contributed by atoms with Crippen LogP contribution in [0, 0.1) is 5.41 Å². The summed E-state index contributed by atoms with van der Waals surface area (Å²) in [6.45, 7) is -0.289. The van der Waals surface area contributed by atoms with Crippen LogP contribution in [0.15, 0.2) is 0 Å². The molecule has 0 bridgehead atoms. The van der Waals surface area contributed by atoms with Crippen LogP contribution in [0.3, 0.4) is 0 Å². The lowest BCUT2D eigenvalue weighted by Gasteiger charge is -2.35. The van der Waals surface area contributed by atoms with E-state index in [-0.39, 0.29) is 25.9 Å². The number of hydrogen-bond donors (Lipinski definition) is 2. The number of amides is 1. The Kier molecular flexibility index (Phi) is 3.46. The van der Waals surface area contributed by atoms with Gasteiger partial charge < -0.3 is 15.3 Å². The Bertz CT molecular complexity index is 391. The maximum atomic E-state index is 13.2. The standard InChI is InChI=1S/C11H15F3N2O3/c12-11(13,14)10(3-4-15-6-10)9(19)16-5-1-2-7(16)8(17)18/h7,15H,1-6H2,(H,17,18)/t7-,10?/m1/s1. The number of nitrogens with one attached hydrogen (secondary N) is 1. The lowest BCUT2D eigenvalue weighted by Crippen LogP contribution is -2.55. The van der Waals surface area contributed by atoms with Crippen LogP contribution in [-0.4, -0.2) is 53.7 Å². The second-order valence-corrected chi connectivity index (χ2v) is 5.00. The monoisotopic (exact) mass is 280 g/mol. The van der Waals surface area contributed by atoms with Gasteiger partial charge in [-0.25, -0.2) is 4.79 Å². The number of nitrogens with zero attached hydrogens (tertiary/aromatic N) is 1. The SMILES string of the molecule is O=C(O)[C@H]1CCCN1C(=O)C1(C(F)(F)F)CCNC1. The van der Waals surface area contributed by atoms with Crippen LogP contribution in [0.5, 0.6) is 0 Å². The van der Waals surface area contributed by atoms with Crippen molar-refractivity contribution in [2.45, 2.75) is 31.5 Å². The molecule has 0 aromatic carbocycles. The molecule has 0 radical (unpaired) electrons. The molecule has 0 aromatic rings. The van der Waals surface area contributed by atoms with E-state index in [0.717, 1.165) is 4.90 Å². The van der Waals surface area contributed by atoms with Gasteiger partial charge in [-0.3, -0.25) is 4.79 Å². The molecule has 0 aliphatic carbocycles. The second-order valence-electron chi connectivity index (χ2n) is 5.00. The molecule has 19 heavy (non-hydrogen) atoms. The third kappa shape index (κ3) is 2.18. The Labute approximate surface area is 107 Å². The Morgan fingerprint density at radius 3 is 2.53 bits per heavy atom. The number of aliphatic carboxylic acids is 1. The molecule has 2 N–H and O–H groups in total. The van der Waals surface area contributed by atoms with Gasteiger partial charge in [-0.05, 0) is 25.8 Å². The predicted octanol–water partition coefficient (Wildman–Crippen LogP) is 0.604. The number of carbonyl (C=O) groups excluding carboxylic acids is 1. The fraction of sp³-hybridized carbons (Fsp3) is 0.818. The van der Waals surface area contributed by atoms with Crippen LogP contribution in [0.25, 0.3) is 0 Å². The average Bonchev–Trinajstić information content (AvgIpc) is 2.97. The van der Waals surface area contributed by atoms with Crippen molar-refractivity contribution in [1.29, 1.82) is 0 Å². The topological polar surface area (TPSA) is 69.6 Å². The van der Waals surface area contributed by atoms with Gasteiger partial charge in [0.2, 0.25) is 5.91 Å². The van der Waals surface area contributed by atoms with E-state index in [4.69, 9.17) is 5.11 Å². The maximum Gasteiger partial charge on any atom is 0.404 e. The Morgan fingerprint density at radius 2 is 2.05 bits per heavy atom. The Hall–Kier alpha value is -1.31. The summed E-state index contributed by atoms with van der Waals surface area (Å²) in [5.41, 5.74) is -2.47. The van der Waals surface area contributed by atoms with Crippen molar-refractivity contribution in [3.05, 3.63) is 0 Å². The largest absolute Gasteiger partial charge is 0.480 e. The van der Waals surface area contributed by atoms with Crippen molar-refractivity contribution >= 4 is 11.9 Å². The minimum atomic E-state index is -4.67. The predicted molar refractivity (Wildman–Crippen MR) is 58.3 cm³/mol. The molecule has 0 saturated carbocycles. The molecule has 2 heterocycles. The van der Waals surface area contributed by atoms with Gasteiger partial charge in [0.1, 0.15) is 6.04 Å². The summed E-state index contributed by atoms with van der Waals surface area (Å²) < 4.78 is 39.6. The van der Waals surface area contributed by atoms with Crippen molar-refractivity contribution in [2.24, 2.45) is 5.41 Å². The lowest BCUT2D eigenvalue weighted by molar-refractivity contribution is -0.222. The molecule has 8 heteroatoms. The van der Waals surface area contributed by atoms with Gasteiger partial charge >= 0.3 is 12.1 Å². The highest BCUT2D eigenvalue weighted by atomic mass is 19.4. The summed E-state index contributed by atoms with van der Waals surface area (Å²) in [5, 5.41) is 11.5. The van der Waals surface area contributed by atoms with Gasteiger partial charge in [0, 0.05) is 13.1 Å². The molecule has 2 rings (SSSR count). The first-order valence-electron chi connectivity index (χ1n) is 6.11. The van der Waals surface area contributed by atoms with E-state index < -0.39 is 36.1 Å². The average molecular weight is 280 g/mol. The van der Waals surface area contributed by atoms with Crippen LogP contribution in [0.4, 0.5) is 13.2 Å². The third-order valence-corrected chi connectivity index (χ3v) is 3.91. The maximum absolute atomic E-state index is 13.2. The number of carboxylic acids is 1. The van der Waals surface area contributed by atoms with Crippen LogP contribution in [-0.2, 0) is 9.59 Å². The van der Waals surface area contributed by atoms with E-state index in [1.807, 2.05) is 0 Å². The fourth-order valence-corrected chi connectivity index (χ4v) is 2.78. The van der Waals surface area contributed by atoms with Crippen LogP contribution in [0.2, 0.25) is 0 Å². The van der Waals surface area contributed by atoms with Gasteiger partial charge in [0.05, 0.1) is 0 Å². The zero-order valence-corrected chi connectivity index (χ0v) is 10.2. The van der Waals surface area contributed by atoms with Crippen molar-refractivity contribution in [2.75, 3.05) is 19.6 Å². The summed E-state index contributed by atoms with van der Waals surface area (Å²) in [6.07, 6.45) is -4.37. The summed E-state index contributed by atoms with van der Waals surface area (Å²) in [5.74, 6) is -2.34. The molecule has 2 aliphatic rings. The number of rotatable bonds is 2. The number of halogens is 3. The molecule has 0 aromatic heterocycles. The van der Waals surface area contributed by atoms with Crippen LogP contribution >= 0.6 is 0 Å². The number of likely N-dealkylation sites (tertiary alicyclic amines) is 1. The van der Waals surface area contributed by atoms with E-state index in [0.29, 0.717) is 6.42 Å². The summed E-state index contributed by atoms with van der Waals surface area (Å²) >= 11 is 0. The molecule has 2 saturated heterocycles. The minimum absolute atomic E-state index is 0.0770. The molecule has 1 amide bonds. The van der Waals surface area contributed by atoms with Gasteiger partial charge in [0.15, 0.2) is 5.41 Å². The molecular formula is C11H15F3N2O3. The fourth-order valence-electron chi connectivity index (χ4n) is 2.78. The zero-order valence-electron chi connectivity index (χ0n) is 10.2. The molecular weight excluding hydrogens is 265 g/mol. The van der Waals surface area contributed by atoms with Crippen LogP contribution in [0.1, 0.15) is 19.3 Å². The van der Waals surface area contributed by atoms with Gasteiger partial charge in [0.25, 0.3) is 0 Å². The molecule has 5 nitrogen and oxygen atoms in total. The smallest absolute Gasteiger partial charge is 0.404 e. The Balaban J connectivity index is 2.28. The van der Waals surface area contributed by atoms with E-state index in [1.165, 1.54) is 0 Å². The van der Waals surface area contributed by atoms with E-state index in [9.17, 15) is 22.8 Å². The first-order chi connectivity index (χ1) is 8.79. The van der Waals surface area contributed by atoms with Gasteiger partial charge in [-0.1, -0.05) is 0 Å². The van der Waals surface area contributed by atoms with Crippen molar-refractivity contribution in [1.82, 2.24) is 10.2 Å². The van der Waals surface area contributed by atoms with Crippen molar-refractivity contribution in [3.63, 3.8) is 0 Å². The highest BCUT2D eigenvalue weighted by molar-refractivity contribution is 5.89. The second kappa shape index (κ2) is 4.66. The molecule has 2 fully saturated rings. The highest BCUT2D eigenvalue weighted by Gasteiger charge is 2.63. The molecule has 108 valence electrons. The highest BCUT2D eigenvalue weighted by Crippen LogP contribution is 2.45. The summed E-state index contributed by atoms with van der Waals surface area (Å²) in [6, 6.07) is -1.13. The molecule has 1 unspecified atom stereocenters. The van der Waals surface area contributed by atoms with Gasteiger partial charge in [-0.2, -0.15) is 13.2 Å². The minimum Gasteiger partial charge on any atom is -0.480 e. The van der Waals surface area contributed by atoms with E-state index in [2.05, 4.69) is 5.32 Å².